The van der Waals surface area contributed by atoms with Crippen LogP contribution in [0.15, 0.2) is 34.4 Å². The molecule has 108 valence electrons. The van der Waals surface area contributed by atoms with Crippen molar-refractivity contribution in [2.75, 3.05) is 6.54 Å². The highest BCUT2D eigenvalue weighted by Gasteiger charge is 2.15. The molecular formula is C15H24BrNO2. The summed E-state index contributed by atoms with van der Waals surface area (Å²) in [5, 5.41) is 2.75. The van der Waals surface area contributed by atoms with Gasteiger partial charge >= 0.3 is 6.09 Å². The standard InChI is InChI=1S/C15H24BrNO2/c1-6-8-12(10-13(16)9-7-2)11-17-14(18)19-15(3,4)5/h7-10H,6,11H2,1-5H3,(H,17,18)/b9-7-,12-8-,13-10+. The average molecular weight is 330 g/mol. The number of amides is 1. The van der Waals surface area contributed by atoms with Crippen molar-refractivity contribution in [3.05, 3.63) is 34.4 Å². The predicted molar refractivity (Wildman–Crippen MR) is 84.4 cm³/mol. The van der Waals surface area contributed by atoms with E-state index in [-0.39, 0.29) is 0 Å². The van der Waals surface area contributed by atoms with Gasteiger partial charge < -0.3 is 10.1 Å². The topological polar surface area (TPSA) is 38.3 Å². The molecule has 0 spiro atoms. The molecule has 0 radical (unpaired) electrons. The summed E-state index contributed by atoms with van der Waals surface area (Å²) in [5.74, 6) is 0. The Hall–Kier alpha value is -1.03. The molecule has 0 aliphatic carbocycles. The van der Waals surface area contributed by atoms with Gasteiger partial charge in [-0.2, -0.15) is 0 Å². The van der Waals surface area contributed by atoms with Crippen LogP contribution in [0.1, 0.15) is 41.0 Å². The molecule has 0 aromatic rings. The first-order chi connectivity index (χ1) is 8.78. The molecule has 0 atom stereocenters. The van der Waals surface area contributed by atoms with E-state index in [1.165, 1.54) is 0 Å². The van der Waals surface area contributed by atoms with E-state index in [2.05, 4.69) is 34.2 Å². The first-order valence-electron chi connectivity index (χ1n) is 6.44. The molecule has 1 N–H and O–H groups in total. The molecule has 3 nitrogen and oxygen atoms in total. The van der Waals surface area contributed by atoms with Crippen LogP contribution in [0.4, 0.5) is 4.79 Å². The number of halogens is 1. The Morgan fingerprint density at radius 3 is 2.47 bits per heavy atom. The van der Waals surface area contributed by atoms with Crippen molar-refractivity contribution < 1.29 is 9.53 Å². The highest BCUT2D eigenvalue weighted by atomic mass is 79.9. The molecule has 0 aromatic carbocycles. The molecule has 0 bridgehead atoms. The Morgan fingerprint density at radius 2 is 2.00 bits per heavy atom. The number of ether oxygens (including phenoxy) is 1. The van der Waals surface area contributed by atoms with Crippen LogP contribution in [-0.2, 0) is 4.74 Å². The summed E-state index contributed by atoms with van der Waals surface area (Å²) in [6, 6.07) is 0. The van der Waals surface area contributed by atoms with E-state index in [0.29, 0.717) is 6.54 Å². The molecule has 0 rings (SSSR count). The van der Waals surface area contributed by atoms with Crippen LogP contribution in [0.2, 0.25) is 0 Å². The van der Waals surface area contributed by atoms with Gasteiger partial charge in [-0.05, 0) is 45.8 Å². The van der Waals surface area contributed by atoms with Gasteiger partial charge in [0.25, 0.3) is 0 Å². The van der Waals surface area contributed by atoms with Crippen molar-refractivity contribution in [3.8, 4) is 0 Å². The van der Waals surface area contributed by atoms with E-state index < -0.39 is 11.7 Å². The molecule has 0 unspecified atom stereocenters. The van der Waals surface area contributed by atoms with E-state index in [9.17, 15) is 4.79 Å². The number of carbonyl (C=O) groups excluding carboxylic acids is 1. The van der Waals surface area contributed by atoms with Gasteiger partial charge in [-0.15, -0.1) is 0 Å². The zero-order chi connectivity index (χ0) is 14.9. The van der Waals surface area contributed by atoms with Gasteiger partial charge in [-0.1, -0.05) is 41.1 Å². The second kappa shape index (κ2) is 8.97. The maximum absolute atomic E-state index is 11.6. The lowest BCUT2D eigenvalue weighted by atomic mass is 10.2. The Kier molecular flexibility index (Phi) is 8.48. The van der Waals surface area contributed by atoms with E-state index in [1.54, 1.807) is 0 Å². The van der Waals surface area contributed by atoms with Crippen LogP contribution >= 0.6 is 15.9 Å². The molecule has 0 aromatic heterocycles. The quantitative estimate of drug-likeness (QED) is 0.742. The highest BCUT2D eigenvalue weighted by molar-refractivity contribution is 9.11. The van der Waals surface area contributed by atoms with E-state index in [4.69, 9.17) is 4.74 Å². The van der Waals surface area contributed by atoms with E-state index in [0.717, 1.165) is 16.5 Å². The SMILES string of the molecule is C\C=C/C(Br)=C\C(=C\CC)CNC(=O)OC(C)(C)C. The number of carbonyl (C=O) groups is 1. The Balaban J connectivity index is 4.51. The number of hydrogen-bond donors (Lipinski definition) is 1. The summed E-state index contributed by atoms with van der Waals surface area (Å²) < 4.78 is 6.17. The van der Waals surface area contributed by atoms with Gasteiger partial charge in [-0.25, -0.2) is 4.79 Å². The maximum Gasteiger partial charge on any atom is 0.407 e. The summed E-state index contributed by atoms with van der Waals surface area (Å²) >= 11 is 3.45. The second-order valence-electron chi connectivity index (χ2n) is 5.07. The van der Waals surface area contributed by atoms with Gasteiger partial charge in [0.1, 0.15) is 5.60 Å². The minimum Gasteiger partial charge on any atom is -0.444 e. The summed E-state index contributed by atoms with van der Waals surface area (Å²) in [4.78, 5) is 11.6. The minimum atomic E-state index is -0.472. The van der Waals surface area contributed by atoms with Crippen molar-refractivity contribution in [2.45, 2.75) is 46.6 Å². The van der Waals surface area contributed by atoms with Crippen LogP contribution in [0.25, 0.3) is 0 Å². The predicted octanol–water partition coefficient (Wildman–Crippen LogP) is 4.70. The third-order valence-electron chi connectivity index (χ3n) is 1.95. The first-order valence-corrected chi connectivity index (χ1v) is 7.23. The Morgan fingerprint density at radius 1 is 1.37 bits per heavy atom. The van der Waals surface area contributed by atoms with Crippen molar-refractivity contribution in [1.29, 1.82) is 0 Å². The number of allylic oxidation sites excluding steroid dienone is 4. The molecule has 19 heavy (non-hydrogen) atoms. The summed E-state index contributed by atoms with van der Waals surface area (Å²) in [7, 11) is 0. The third kappa shape index (κ3) is 10.6. The first kappa shape index (κ1) is 18.0. The van der Waals surface area contributed by atoms with Crippen LogP contribution in [-0.4, -0.2) is 18.2 Å². The number of rotatable bonds is 5. The molecule has 0 aliphatic rings. The lowest BCUT2D eigenvalue weighted by Gasteiger charge is -2.19. The van der Waals surface area contributed by atoms with Crippen LogP contribution in [0.5, 0.6) is 0 Å². The number of hydrogen-bond acceptors (Lipinski definition) is 2. The molecular weight excluding hydrogens is 306 g/mol. The zero-order valence-electron chi connectivity index (χ0n) is 12.4. The van der Waals surface area contributed by atoms with Crippen molar-refractivity contribution in [2.24, 2.45) is 0 Å². The normalized spacial score (nSPS) is 13.8. The number of nitrogens with one attached hydrogen (secondary N) is 1. The van der Waals surface area contributed by atoms with Gasteiger partial charge in [0.2, 0.25) is 0 Å². The van der Waals surface area contributed by atoms with Crippen LogP contribution in [0.3, 0.4) is 0 Å². The fourth-order valence-electron chi connectivity index (χ4n) is 1.32. The fraction of sp³-hybridized carbons (Fsp3) is 0.533. The largest absolute Gasteiger partial charge is 0.444 e. The highest BCUT2D eigenvalue weighted by Crippen LogP contribution is 2.12. The lowest BCUT2D eigenvalue weighted by molar-refractivity contribution is 0.0533. The summed E-state index contributed by atoms with van der Waals surface area (Å²) in [6.45, 7) is 10.0. The molecule has 1 amide bonds. The van der Waals surface area contributed by atoms with Crippen LogP contribution < -0.4 is 5.32 Å². The summed E-state index contributed by atoms with van der Waals surface area (Å²) in [5.41, 5.74) is 0.568. The zero-order valence-corrected chi connectivity index (χ0v) is 14.0. The van der Waals surface area contributed by atoms with Crippen LogP contribution in [0, 0.1) is 0 Å². The summed E-state index contributed by atoms with van der Waals surface area (Å²) in [6.07, 6.45) is 8.48. The van der Waals surface area contributed by atoms with Gasteiger partial charge in [0.15, 0.2) is 0 Å². The Labute approximate surface area is 124 Å². The maximum atomic E-state index is 11.6. The molecule has 0 heterocycles. The van der Waals surface area contributed by atoms with Crippen molar-refractivity contribution in [3.63, 3.8) is 0 Å². The van der Waals surface area contributed by atoms with Crippen molar-refractivity contribution in [1.82, 2.24) is 5.32 Å². The monoisotopic (exact) mass is 329 g/mol. The molecule has 0 aliphatic heterocycles. The molecule has 0 saturated carbocycles. The van der Waals surface area contributed by atoms with E-state index in [1.807, 2.05) is 45.9 Å². The second-order valence-corrected chi connectivity index (χ2v) is 5.99. The van der Waals surface area contributed by atoms with Gasteiger partial charge in [0.05, 0.1) is 0 Å². The molecule has 4 heteroatoms. The third-order valence-corrected chi connectivity index (χ3v) is 2.44. The lowest BCUT2D eigenvalue weighted by Crippen LogP contribution is -2.33. The van der Waals surface area contributed by atoms with Crippen molar-refractivity contribution >= 4 is 22.0 Å². The fourth-order valence-corrected chi connectivity index (χ4v) is 1.88. The van der Waals surface area contributed by atoms with Gasteiger partial charge in [0, 0.05) is 11.0 Å². The molecule has 0 fully saturated rings. The minimum absolute atomic E-state index is 0.398. The van der Waals surface area contributed by atoms with E-state index >= 15 is 0 Å². The number of alkyl carbamates (subject to hydrolysis) is 1. The Bertz CT molecular complexity index is 376. The van der Waals surface area contributed by atoms with Gasteiger partial charge in [-0.3, -0.25) is 0 Å². The molecule has 0 saturated heterocycles. The average Bonchev–Trinajstić information content (AvgIpc) is 2.24. The smallest absolute Gasteiger partial charge is 0.407 e.